The molecule has 1 aromatic rings. The first-order valence-corrected chi connectivity index (χ1v) is 7.51. The van der Waals surface area contributed by atoms with Crippen LogP contribution in [-0.2, 0) is 9.59 Å². The molecule has 1 unspecified atom stereocenters. The lowest BCUT2D eigenvalue weighted by atomic mass is 10.1. The van der Waals surface area contributed by atoms with E-state index in [-0.39, 0.29) is 16.9 Å². The highest BCUT2D eigenvalue weighted by Crippen LogP contribution is 2.30. The Kier molecular flexibility index (Phi) is 4.69. The molecule has 0 aliphatic carbocycles. The van der Waals surface area contributed by atoms with Gasteiger partial charge in [-0.2, -0.15) is 5.26 Å². The van der Waals surface area contributed by atoms with E-state index in [9.17, 15) is 9.59 Å². The van der Waals surface area contributed by atoms with E-state index in [2.05, 4.69) is 0 Å². The first kappa shape index (κ1) is 14.9. The number of benzene rings is 1. The summed E-state index contributed by atoms with van der Waals surface area (Å²) in [6, 6.07) is 6.97. The van der Waals surface area contributed by atoms with Crippen LogP contribution in [0, 0.1) is 17.2 Å². The van der Waals surface area contributed by atoms with Crippen molar-refractivity contribution >= 4 is 40.1 Å². The van der Waals surface area contributed by atoms with Crippen LogP contribution < -0.4 is 4.90 Å². The van der Waals surface area contributed by atoms with Gasteiger partial charge >= 0.3 is 0 Å². The molecule has 1 aliphatic rings. The third kappa shape index (κ3) is 3.33. The fraction of sp³-hybridized carbons (Fsp3) is 0.357. The topological polar surface area (TPSA) is 61.2 Å². The SMILES string of the molecule is CC(=O)SCC1CC(=O)N(c2ccc(C#N)c(Cl)c2)C1. The largest absolute Gasteiger partial charge is 0.312 e. The van der Waals surface area contributed by atoms with Gasteiger partial charge in [0, 0.05) is 31.3 Å². The predicted molar refractivity (Wildman–Crippen MR) is 79.8 cm³/mol. The first-order chi connectivity index (χ1) is 9.51. The molecule has 1 aliphatic heterocycles. The maximum Gasteiger partial charge on any atom is 0.227 e. The van der Waals surface area contributed by atoms with E-state index in [1.165, 1.54) is 18.7 Å². The van der Waals surface area contributed by atoms with Crippen molar-refractivity contribution in [3.63, 3.8) is 0 Å². The highest BCUT2D eigenvalue weighted by atomic mass is 35.5. The Labute approximate surface area is 126 Å². The number of hydrogen-bond donors (Lipinski definition) is 0. The Balaban J connectivity index is 2.10. The zero-order valence-corrected chi connectivity index (χ0v) is 12.5. The number of amides is 1. The van der Waals surface area contributed by atoms with E-state index in [1.54, 1.807) is 23.1 Å². The molecule has 104 valence electrons. The summed E-state index contributed by atoms with van der Waals surface area (Å²) < 4.78 is 0. The van der Waals surface area contributed by atoms with E-state index in [4.69, 9.17) is 16.9 Å². The van der Waals surface area contributed by atoms with Crippen LogP contribution in [0.2, 0.25) is 5.02 Å². The minimum absolute atomic E-state index is 0.0277. The van der Waals surface area contributed by atoms with Crippen molar-refractivity contribution in [2.75, 3.05) is 17.2 Å². The third-order valence-electron chi connectivity index (χ3n) is 3.11. The molecule has 20 heavy (non-hydrogen) atoms. The number of carbonyl (C=O) groups excluding carboxylic acids is 2. The van der Waals surface area contributed by atoms with Gasteiger partial charge in [0.25, 0.3) is 0 Å². The normalized spacial score (nSPS) is 18.1. The molecule has 1 atom stereocenters. The zero-order chi connectivity index (χ0) is 14.7. The smallest absolute Gasteiger partial charge is 0.227 e. The minimum Gasteiger partial charge on any atom is -0.312 e. The number of nitrogens with zero attached hydrogens (tertiary/aromatic N) is 2. The van der Waals surface area contributed by atoms with Gasteiger partial charge < -0.3 is 4.90 Å². The molecular weight excluding hydrogens is 296 g/mol. The highest BCUT2D eigenvalue weighted by molar-refractivity contribution is 8.13. The van der Waals surface area contributed by atoms with Crippen LogP contribution in [0.4, 0.5) is 5.69 Å². The Bertz CT molecular complexity index is 597. The summed E-state index contributed by atoms with van der Waals surface area (Å²) in [6.45, 7) is 2.11. The van der Waals surface area contributed by atoms with Crippen molar-refractivity contribution in [3.05, 3.63) is 28.8 Å². The van der Waals surface area contributed by atoms with Crippen LogP contribution >= 0.6 is 23.4 Å². The van der Waals surface area contributed by atoms with E-state index in [1.807, 2.05) is 6.07 Å². The molecule has 0 radical (unpaired) electrons. The van der Waals surface area contributed by atoms with Gasteiger partial charge in [-0.05, 0) is 24.1 Å². The van der Waals surface area contributed by atoms with Crippen molar-refractivity contribution in [3.8, 4) is 6.07 Å². The molecule has 1 amide bonds. The molecule has 4 nitrogen and oxygen atoms in total. The molecular formula is C14H13ClN2O2S. The molecule has 1 saturated heterocycles. The van der Waals surface area contributed by atoms with Crippen molar-refractivity contribution < 1.29 is 9.59 Å². The molecule has 0 bridgehead atoms. The van der Waals surface area contributed by atoms with Crippen LogP contribution in [0.15, 0.2) is 18.2 Å². The van der Waals surface area contributed by atoms with E-state index < -0.39 is 0 Å². The standard InChI is InChI=1S/C14H13ClN2O2S/c1-9(18)20-8-10-4-14(19)17(7-10)12-3-2-11(6-16)13(15)5-12/h2-3,5,10H,4,7-8H2,1H3. The molecule has 1 aromatic carbocycles. The first-order valence-electron chi connectivity index (χ1n) is 6.14. The molecule has 0 spiro atoms. The van der Waals surface area contributed by atoms with Crippen molar-refractivity contribution in [1.82, 2.24) is 0 Å². The molecule has 0 aromatic heterocycles. The van der Waals surface area contributed by atoms with Crippen molar-refractivity contribution in [2.45, 2.75) is 13.3 Å². The summed E-state index contributed by atoms with van der Waals surface area (Å²) in [5, 5.41) is 9.25. The van der Waals surface area contributed by atoms with E-state index in [0.29, 0.717) is 35.0 Å². The van der Waals surface area contributed by atoms with Gasteiger partial charge in [-0.3, -0.25) is 9.59 Å². The van der Waals surface area contributed by atoms with Gasteiger partial charge in [0.1, 0.15) is 6.07 Å². The molecule has 2 rings (SSSR count). The van der Waals surface area contributed by atoms with Crippen LogP contribution in [0.3, 0.4) is 0 Å². The van der Waals surface area contributed by atoms with E-state index >= 15 is 0 Å². The second kappa shape index (κ2) is 6.29. The average Bonchev–Trinajstić information content (AvgIpc) is 2.77. The van der Waals surface area contributed by atoms with Crippen molar-refractivity contribution in [2.24, 2.45) is 5.92 Å². The fourth-order valence-electron chi connectivity index (χ4n) is 2.14. The van der Waals surface area contributed by atoms with Crippen LogP contribution in [0.1, 0.15) is 18.9 Å². The van der Waals surface area contributed by atoms with Gasteiger partial charge in [0.2, 0.25) is 5.91 Å². The van der Waals surface area contributed by atoms with Crippen molar-refractivity contribution in [1.29, 1.82) is 5.26 Å². The lowest BCUT2D eigenvalue weighted by molar-refractivity contribution is -0.117. The molecule has 1 fully saturated rings. The maximum atomic E-state index is 12.0. The quantitative estimate of drug-likeness (QED) is 0.861. The monoisotopic (exact) mass is 308 g/mol. The maximum absolute atomic E-state index is 12.0. The van der Waals surface area contributed by atoms with Gasteiger partial charge in [-0.15, -0.1) is 0 Å². The minimum atomic E-state index is 0.0277. The Morgan fingerprint density at radius 1 is 1.60 bits per heavy atom. The lowest BCUT2D eigenvalue weighted by Crippen LogP contribution is -2.24. The number of halogens is 1. The van der Waals surface area contributed by atoms with Gasteiger partial charge in [0.15, 0.2) is 5.12 Å². The second-order valence-electron chi connectivity index (χ2n) is 4.65. The molecule has 1 heterocycles. The number of carbonyl (C=O) groups is 2. The zero-order valence-electron chi connectivity index (χ0n) is 10.9. The number of anilines is 1. The van der Waals surface area contributed by atoms with Crippen LogP contribution in [0.5, 0.6) is 0 Å². The summed E-state index contributed by atoms with van der Waals surface area (Å²) in [4.78, 5) is 24.6. The van der Waals surface area contributed by atoms with Gasteiger partial charge in [-0.25, -0.2) is 0 Å². The summed E-state index contributed by atoms with van der Waals surface area (Å²) >= 11 is 7.24. The lowest BCUT2D eigenvalue weighted by Gasteiger charge is -2.17. The molecule has 6 heteroatoms. The second-order valence-corrected chi connectivity index (χ2v) is 6.26. The fourth-order valence-corrected chi connectivity index (χ4v) is 3.05. The Morgan fingerprint density at radius 2 is 2.35 bits per heavy atom. The van der Waals surface area contributed by atoms with Gasteiger partial charge in [-0.1, -0.05) is 23.4 Å². The summed E-state index contributed by atoms with van der Waals surface area (Å²) in [5.74, 6) is 0.854. The number of nitriles is 1. The van der Waals surface area contributed by atoms with Gasteiger partial charge in [0.05, 0.1) is 10.6 Å². The molecule has 0 N–H and O–H groups in total. The summed E-state index contributed by atoms with van der Waals surface area (Å²) in [5.41, 5.74) is 1.10. The van der Waals surface area contributed by atoms with E-state index in [0.717, 1.165) is 0 Å². The number of thioether (sulfide) groups is 1. The summed E-state index contributed by atoms with van der Waals surface area (Å²) in [7, 11) is 0. The average molecular weight is 309 g/mol. The number of hydrogen-bond acceptors (Lipinski definition) is 4. The van der Waals surface area contributed by atoms with Crippen LogP contribution in [0.25, 0.3) is 0 Å². The molecule has 0 saturated carbocycles. The van der Waals surface area contributed by atoms with Crippen LogP contribution in [-0.4, -0.2) is 23.3 Å². The summed E-state index contributed by atoms with van der Waals surface area (Å²) in [6.07, 6.45) is 0.442. The Hall–Kier alpha value is -1.51. The predicted octanol–water partition coefficient (Wildman–Crippen LogP) is 2.84. The number of rotatable bonds is 3. The third-order valence-corrected chi connectivity index (χ3v) is 4.47. The Morgan fingerprint density at radius 3 is 2.95 bits per heavy atom. The highest BCUT2D eigenvalue weighted by Gasteiger charge is 2.30.